The maximum absolute atomic E-state index is 13.3. The fourth-order valence-electron chi connectivity index (χ4n) is 3.10. The molecule has 27 heavy (non-hydrogen) atoms. The summed E-state index contributed by atoms with van der Waals surface area (Å²) in [5.41, 5.74) is 4.38. The molecule has 0 unspecified atom stereocenters. The van der Waals surface area contributed by atoms with Gasteiger partial charge in [-0.25, -0.2) is 5.01 Å². The molecule has 0 radical (unpaired) electrons. The van der Waals surface area contributed by atoms with Crippen molar-refractivity contribution >= 4 is 29.3 Å². The third-order valence-corrected chi connectivity index (χ3v) is 5.14. The molecule has 1 heterocycles. The Morgan fingerprint density at radius 2 is 2.07 bits per heavy atom. The Bertz CT molecular complexity index is 805. The van der Waals surface area contributed by atoms with Crippen LogP contribution in [0.4, 0.5) is 0 Å². The summed E-state index contributed by atoms with van der Waals surface area (Å²) in [6.45, 7) is 12.3. The lowest BCUT2D eigenvalue weighted by atomic mass is 9.89. The molecule has 3 nitrogen and oxygen atoms in total. The zero-order chi connectivity index (χ0) is 20.0. The molecule has 1 aromatic carbocycles. The maximum Gasteiger partial charge on any atom is 0.163 e. The molecule has 1 atom stereocenters. The zero-order valence-corrected chi connectivity index (χ0v) is 17.5. The molecule has 0 aromatic heterocycles. The third kappa shape index (κ3) is 4.98. The van der Waals surface area contributed by atoms with Gasteiger partial charge in [-0.1, -0.05) is 51.4 Å². The molecule has 0 fully saturated rings. The van der Waals surface area contributed by atoms with Crippen molar-refractivity contribution < 1.29 is 4.79 Å². The van der Waals surface area contributed by atoms with E-state index in [1.54, 1.807) is 11.2 Å². The number of nitrogens with zero attached hydrogens (tertiary/aromatic N) is 2. The Balaban J connectivity index is 2.74. The summed E-state index contributed by atoms with van der Waals surface area (Å²) in [5, 5.41) is 7.00. The van der Waals surface area contributed by atoms with Crippen LogP contribution in [0, 0.1) is 12.8 Å². The van der Waals surface area contributed by atoms with Crippen molar-refractivity contribution in [2.45, 2.75) is 53.4 Å². The van der Waals surface area contributed by atoms with Crippen molar-refractivity contribution in [3.63, 3.8) is 0 Å². The maximum atomic E-state index is 13.3. The van der Waals surface area contributed by atoms with E-state index >= 15 is 0 Å². The molecule has 0 bridgehead atoms. The van der Waals surface area contributed by atoms with Crippen LogP contribution < -0.4 is 0 Å². The molecule has 2 rings (SSSR count). The van der Waals surface area contributed by atoms with Gasteiger partial charge in [0, 0.05) is 28.3 Å². The summed E-state index contributed by atoms with van der Waals surface area (Å²) >= 11 is 6.18. The molecule has 4 heteroatoms. The quantitative estimate of drug-likeness (QED) is 0.477. The summed E-state index contributed by atoms with van der Waals surface area (Å²) in [5.74, 6) is 0.157. The van der Waals surface area contributed by atoms with Crippen molar-refractivity contribution in [2.24, 2.45) is 11.0 Å². The minimum absolute atomic E-state index is 0.0305. The number of unbranched alkanes of at least 4 members (excludes halogenated alkanes) is 1. The van der Waals surface area contributed by atoms with Gasteiger partial charge in [0.25, 0.3) is 0 Å². The number of carbonyl (C=O) groups excluding carboxylic acids is 1. The summed E-state index contributed by atoms with van der Waals surface area (Å²) < 4.78 is 0. The van der Waals surface area contributed by atoms with Crippen LogP contribution in [0.1, 0.15) is 57.6 Å². The van der Waals surface area contributed by atoms with E-state index in [4.69, 9.17) is 11.6 Å². The van der Waals surface area contributed by atoms with Gasteiger partial charge < -0.3 is 0 Å². The molecule has 0 aliphatic carbocycles. The first-order valence-electron chi connectivity index (χ1n) is 9.64. The third-order valence-electron chi connectivity index (χ3n) is 4.91. The summed E-state index contributed by atoms with van der Waals surface area (Å²) in [6, 6.07) is 5.76. The topological polar surface area (TPSA) is 32.7 Å². The molecule has 0 spiro atoms. The second-order valence-electron chi connectivity index (χ2n) is 6.99. The van der Waals surface area contributed by atoms with Gasteiger partial charge in [0.1, 0.15) is 0 Å². The van der Waals surface area contributed by atoms with Crippen LogP contribution in [-0.2, 0) is 4.79 Å². The molecule has 1 aromatic rings. The van der Waals surface area contributed by atoms with Crippen molar-refractivity contribution in [1.82, 2.24) is 5.01 Å². The van der Waals surface area contributed by atoms with E-state index < -0.39 is 0 Å². The average molecular weight is 385 g/mol. The minimum atomic E-state index is -0.0305. The highest BCUT2D eigenvalue weighted by atomic mass is 35.5. The van der Waals surface area contributed by atoms with Crippen LogP contribution in [0.2, 0.25) is 5.02 Å². The minimum Gasteiger partial charge on any atom is -0.294 e. The van der Waals surface area contributed by atoms with Crippen molar-refractivity contribution in [3.8, 4) is 0 Å². The number of hydrogen-bond acceptors (Lipinski definition) is 3. The number of halogens is 1. The van der Waals surface area contributed by atoms with Crippen LogP contribution in [-0.4, -0.2) is 17.0 Å². The van der Waals surface area contributed by atoms with E-state index in [0.29, 0.717) is 5.02 Å². The summed E-state index contributed by atoms with van der Waals surface area (Å²) in [4.78, 5) is 13.3. The lowest BCUT2D eigenvalue weighted by Gasteiger charge is -2.29. The highest BCUT2D eigenvalue weighted by Gasteiger charge is 2.26. The van der Waals surface area contributed by atoms with Crippen LogP contribution in [0.5, 0.6) is 0 Å². The van der Waals surface area contributed by atoms with Gasteiger partial charge in [0.2, 0.25) is 0 Å². The van der Waals surface area contributed by atoms with E-state index in [-0.39, 0.29) is 11.7 Å². The van der Waals surface area contributed by atoms with Gasteiger partial charge in [-0.15, -0.1) is 0 Å². The average Bonchev–Trinajstić information content (AvgIpc) is 2.65. The van der Waals surface area contributed by atoms with Crippen LogP contribution in [0.25, 0.3) is 5.70 Å². The molecule has 0 amide bonds. The van der Waals surface area contributed by atoms with Crippen LogP contribution in [0.3, 0.4) is 0 Å². The fourth-order valence-corrected chi connectivity index (χ4v) is 3.32. The molecule has 1 aliphatic heterocycles. The van der Waals surface area contributed by atoms with E-state index in [1.807, 2.05) is 51.1 Å². The van der Waals surface area contributed by atoms with Crippen LogP contribution in [0.15, 0.2) is 53.3 Å². The number of Topliss-reactive ketones (excluding diaryl/α,β-unsaturated/α-hetero) is 1. The van der Waals surface area contributed by atoms with Gasteiger partial charge in [-0.3, -0.25) is 4.79 Å². The highest BCUT2D eigenvalue weighted by molar-refractivity contribution is 6.30. The Hall–Kier alpha value is -2.13. The molecule has 0 saturated carbocycles. The largest absolute Gasteiger partial charge is 0.294 e. The summed E-state index contributed by atoms with van der Waals surface area (Å²) in [7, 11) is 0. The monoisotopic (exact) mass is 384 g/mol. The second kappa shape index (κ2) is 9.70. The van der Waals surface area contributed by atoms with Crippen LogP contribution >= 0.6 is 11.6 Å². The molecule has 0 N–H and O–H groups in total. The van der Waals surface area contributed by atoms with E-state index in [1.165, 1.54) is 0 Å². The van der Waals surface area contributed by atoms with Gasteiger partial charge in [0.15, 0.2) is 5.78 Å². The number of ketones is 1. The lowest BCUT2D eigenvalue weighted by molar-refractivity contribution is -0.118. The normalized spacial score (nSPS) is 15.7. The number of hydrazone groups is 1. The molecule has 144 valence electrons. The van der Waals surface area contributed by atoms with Gasteiger partial charge in [-0.2, -0.15) is 5.10 Å². The number of aryl methyl sites for hydroxylation is 1. The number of benzene rings is 1. The first kappa shape index (κ1) is 21.2. The molecular weight excluding hydrogens is 356 g/mol. The molecular formula is C23H29ClN2O. The molecule has 1 aliphatic rings. The van der Waals surface area contributed by atoms with Gasteiger partial charge >= 0.3 is 0 Å². The van der Waals surface area contributed by atoms with E-state index in [0.717, 1.165) is 53.8 Å². The Morgan fingerprint density at radius 3 is 2.67 bits per heavy atom. The predicted octanol–water partition coefficient (Wildman–Crippen LogP) is 6.54. The molecule has 0 saturated heterocycles. The van der Waals surface area contributed by atoms with Gasteiger partial charge in [-0.05, 0) is 56.0 Å². The van der Waals surface area contributed by atoms with Crippen molar-refractivity contribution in [1.29, 1.82) is 0 Å². The number of allylic oxidation sites excluding steroid dienone is 3. The highest BCUT2D eigenvalue weighted by Crippen LogP contribution is 2.35. The van der Waals surface area contributed by atoms with Crippen molar-refractivity contribution in [3.05, 3.63) is 64.3 Å². The zero-order valence-electron chi connectivity index (χ0n) is 16.8. The second-order valence-corrected chi connectivity index (χ2v) is 7.43. The number of rotatable bonds is 8. The Morgan fingerprint density at radius 1 is 1.33 bits per heavy atom. The van der Waals surface area contributed by atoms with Crippen molar-refractivity contribution in [2.75, 3.05) is 0 Å². The number of hydrogen-bond donors (Lipinski definition) is 0. The predicted molar refractivity (Wildman–Crippen MR) is 116 cm³/mol. The fraction of sp³-hybridized carbons (Fsp3) is 0.391. The standard InChI is InChI=1S/C23H29ClN2O/c1-6-8-11-21(23(27)16(3)7-2)22(26-18(5)10-9-14-25-26)20-13-12-19(24)15-17(20)4/h9-10,12-16H,5-8,11H2,1-4H3/b22-21+/t16-/m1/s1. The lowest BCUT2D eigenvalue weighted by Crippen LogP contribution is -2.23. The SMILES string of the molecule is C=C1C=CC=NN1/C(=C(\CCCC)C(=O)[C@H](C)CC)c1ccc(Cl)cc1C. The Labute approximate surface area is 168 Å². The first-order valence-corrected chi connectivity index (χ1v) is 10.0. The van der Waals surface area contributed by atoms with E-state index in [9.17, 15) is 4.79 Å². The van der Waals surface area contributed by atoms with E-state index in [2.05, 4.69) is 18.6 Å². The van der Waals surface area contributed by atoms with Gasteiger partial charge in [0.05, 0.1) is 11.4 Å². The first-order chi connectivity index (χ1) is 12.9. The summed E-state index contributed by atoms with van der Waals surface area (Å²) in [6.07, 6.45) is 9.00. The number of carbonyl (C=O) groups is 1. The smallest absolute Gasteiger partial charge is 0.163 e. The Kier molecular flexibility index (Phi) is 7.61.